The molecule has 1 aliphatic rings. The van der Waals surface area contributed by atoms with Gasteiger partial charge in [-0.15, -0.1) is 0 Å². The minimum Gasteiger partial charge on any atom is -0.493 e. The lowest BCUT2D eigenvalue weighted by Crippen LogP contribution is -1.93. The lowest BCUT2D eigenvalue weighted by Gasteiger charge is -2.06. The number of hydrogen-bond acceptors (Lipinski definition) is 2. The molecule has 0 N–H and O–H groups in total. The van der Waals surface area contributed by atoms with Crippen LogP contribution in [0.5, 0.6) is 5.75 Å². The number of benzene rings is 1. The van der Waals surface area contributed by atoms with Crippen molar-refractivity contribution in [1.82, 2.24) is 0 Å². The first-order valence-electron chi connectivity index (χ1n) is 4.69. The second-order valence-corrected chi connectivity index (χ2v) is 3.32. The zero-order valence-electron chi connectivity index (χ0n) is 7.75. The number of rotatable bonds is 3. The number of carbonyl (C=O) groups excluding carboxylic acids is 1. The summed E-state index contributed by atoms with van der Waals surface area (Å²) in [6.07, 6.45) is 2.59. The van der Waals surface area contributed by atoms with Crippen LogP contribution in [0.4, 0.5) is 4.39 Å². The third kappa shape index (κ3) is 1.50. The first kappa shape index (κ1) is 9.19. The molecule has 1 aliphatic heterocycles. The third-order valence-electron chi connectivity index (χ3n) is 2.41. The van der Waals surface area contributed by atoms with Crippen LogP contribution in [0.15, 0.2) is 12.1 Å². The van der Waals surface area contributed by atoms with Crippen LogP contribution in [0.1, 0.15) is 17.5 Å². The summed E-state index contributed by atoms with van der Waals surface area (Å²) in [5.74, 6) is 0.458. The number of fused-ring (bicyclic) bond motifs is 1. The van der Waals surface area contributed by atoms with Gasteiger partial charge in [0.05, 0.1) is 6.61 Å². The third-order valence-corrected chi connectivity index (χ3v) is 2.41. The maximum absolute atomic E-state index is 13.2. The van der Waals surface area contributed by atoms with Gasteiger partial charge in [0.25, 0.3) is 0 Å². The smallest absolute Gasteiger partial charge is 0.130 e. The zero-order valence-corrected chi connectivity index (χ0v) is 7.75. The summed E-state index contributed by atoms with van der Waals surface area (Å²) in [6.45, 7) is 0.546. The average molecular weight is 194 g/mol. The fourth-order valence-corrected chi connectivity index (χ4v) is 1.73. The molecule has 14 heavy (non-hydrogen) atoms. The number of aldehydes is 1. The van der Waals surface area contributed by atoms with E-state index in [9.17, 15) is 9.18 Å². The highest BCUT2D eigenvalue weighted by Gasteiger charge is 2.19. The standard InChI is InChI=1S/C11H11FO2/c12-10-4-3-8(2-1-6-13)11-9(10)5-7-14-11/h3-4,6H,1-2,5,7H2. The van der Waals surface area contributed by atoms with E-state index in [1.165, 1.54) is 6.07 Å². The van der Waals surface area contributed by atoms with Gasteiger partial charge in [0, 0.05) is 18.4 Å². The molecule has 0 fully saturated rings. The molecule has 0 radical (unpaired) electrons. The number of ether oxygens (including phenoxy) is 1. The summed E-state index contributed by atoms with van der Waals surface area (Å²) >= 11 is 0. The fourth-order valence-electron chi connectivity index (χ4n) is 1.73. The minimum atomic E-state index is -0.202. The summed E-state index contributed by atoms with van der Waals surface area (Å²) in [5.41, 5.74) is 1.60. The molecule has 1 aromatic rings. The van der Waals surface area contributed by atoms with Gasteiger partial charge in [-0.05, 0) is 18.1 Å². The highest BCUT2D eigenvalue weighted by Crippen LogP contribution is 2.32. The Bertz CT molecular complexity index is 361. The first-order chi connectivity index (χ1) is 6.83. The van der Waals surface area contributed by atoms with Crippen LogP contribution < -0.4 is 4.74 Å². The van der Waals surface area contributed by atoms with Crippen molar-refractivity contribution in [3.63, 3.8) is 0 Å². The number of halogens is 1. The molecule has 1 aromatic carbocycles. The van der Waals surface area contributed by atoms with Crippen LogP contribution in [0.2, 0.25) is 0 Å². The molecule has 0 spiro atoms. The van der Waals surface area contributed by atoms with E-state index in [0.717, 1.165) is 11.8 Å². The van der Waals surface area contributed by atoms with Crippen LogP contribution in [-0.2, 0) is 17.6 Å². The van der Waals surface area contributed by atoms with Gasteiger partial charge >= 0.3 is 0 Å². The summed E-state index contributed by atoms with van der Waals surface area (Å²) in [6, 6.07) is 3.15. The molecule has 0 atom stereocenters. The molecule has 0 saturated carbocycles. The number of aryl methyl sites for hydroxylation is 1. The molecule has 2 rings (SSSR count). The Morgan fingerprint density at radius 3 is 3.14 bits per heavy atom. The van der Waals surface area contributed by atoms with Gasteiger partial charge in [-0.2, -0.15) is 0 Å². The monoisotopic (exact) mass is 194 g/mol. The van der Waals surface area contributed by atoms with Crippen molar-refractivity contribution in [2.24, 2.45) is 0 Å². The van der Waals surface area contributed by atoms with Crippen molar-refractivity contribution >= 4 is 6.29 Å². The summed E-state index contributed by atoms with van der Waals surface area (Å²) in [7, 11) is 0. The van der Waals surface area contributed by atoms with Crippen molar-refractivity contribution in [2.75, 3.05) is 6.61 Å². The lowest BCUT2D eigenvalue weighted by molar-refractivity contribution is -0.107. The van der Waals surface area contributed by atoms with E-state index in [1.54, 1.807) is 6.07 Å². The molecule has 0 aliphatic carbocycles. The summed E-state index contributed by atoms with van der Waals surface area (Å²) in [5, 5.41) is 0. The van der Waals surface area contributed by atoms with Gasteiger partial charge < -0.3 is 9.53 Å². The molecule has 0 aromatic heterocycles. The fraction of sp³-hybridized carbons (Fsp3) is 0.364. The number of carbonyl (C=O) groups is 1. The van der Waals surface area contributed by atoms with E-state index < -0.39 is 0 Å². The number of hydrogen-bond donors (Lipinski definition) is 0. The van der Waals surface area contributed by atoms with Crippen molar-refractivity contribution in [3.05, 3.63) is 29.1 Å². The van der Waals surface area contributed by atoms with E-state index in [4.69, 9.17) is 4.74 Å². The molecule has 74 valence electrons. The Hall–Kier alpha value is -1.38. The highest BCUT2D eigenvalue weighted by atomic mass is 19.1. The summed E-state index contributed by atoms with van der Waals surface area (Å²) in [4.78, 5) is 10.2. The van der Waals surface area contributed by atoms with Crippen LogP contribution >= 0.6 is 0 Å². The molecule has 1 heterocycles. The normalized spacial score (nSPS) is 13.5. The van der Waals surface area contributed by atoms with Crippen LogP contribution in [-0.4, -0.2) is 12.9 Å². The van der Waals surface area contributed by atoms with Gasteiger partial charge in [-0.3, -0.25) is 0 Å². The second-order valence-electron chi connectivity index (χ2n) is 3.32. The maximum atomic E-state index is 13.2. The second kappa shape index (κ2) is 3.78. The van der Waals surface area contributed by atoms with Crippen LogP contribution in [0.25, 0.3) is 0 Å². The van der Waals surface area contributed by atoms with E-state index in [2.05, 4.69) is 0 Å². The molecular formula is C11H11FO2. The van der Waals surface area contributed by atoms with Crippen LogP contribution in [0.3, 0.4) is 0 Å². The Labute approximate surface area is 81.7 Å². The van der Waals surface area contributed by atoms with Gasteiger partial charge in [0.15, 0.2) is 0 Å². The molecular weight excluding hydrogens is 183 g/mol. The predicted molar refractivity (Wildman–Crippen MR) is 50.0 cm³/mol. The minimum absolute atomic E-state index is 0.202. The van der Waals surface area contributed by atoms with E-state index in [1.807, 2.05) is 0 Å². The Morgan fingerprint density at radius 1 is 1.50 bits per heavy atom. The Kier molecular flexibility index (Phi) is 2.48. The van der Waals surface area contributed by atoms with Crippen LogP contribution in [0, 0.1) is 5.82 Å². The Balaban J connectivity index is 2.33. The molecule has 2 nitrogen and oxygen atoms in total. The SMILES string of the molecule is O=CCCc1ccc(F)c2c1OCC2. The zero-order chi connectivity index (χ0) is 9.97. The predicted octanol–water partition coefficient (Wildman–Crippen LogP) is 1.89. The average Bonchev–Trinajstić information content (AvgIpc) is 2.66. The maximum Gasteiger partial charge on any atom is 0.130 e. The van der Waals surface area contributed by atoms with Crippen molar-refractivity contribution in [3.8, 4) is 5.75 Å². The highest BCUT2D eigenvalue weighted by molar-refractivity contribution is 5.52. The van der Waals surface area contributed by atoms with Gasteiger partial charge in [0.2, 0.25) is 0 Å². The topological polar surface area (TPSA) is 26.3 Å². The largest absolute Gasteiger partial charge is 0.493 e. The van der Waals surface area contributed by atoms with Crippen molar-refractivity contribution in [2.45, 2.75) is 19.3 Å². The molecule has 0 saturated heterocycles. The molecule has 0 bridgehead atoms. The van der Waals surface area contributed by atoms with Gasteiger partial charge in [0.1, 0.15) is 17.9 Å². The summed E-state index contributed by atoms with van der Waals surface area (Å²) < 4.78 is 18.6. The van der Waals surface area contributed by atoms with E-state index in [-0.39, 0.29) is 5.82 Å². The lowest BCUT2D eigenvalue weighted by atomic mass is 10.0. The quantitative estimate of drug-likeness (QED) is 0.687. The first-order valence-corrected chi connectivity index (χ1v) is 4.69. The Morgan fingerprint density at radius 2 is 2.36 bits per heavy atom. The molecule has 0 amide bonds. The van der Waals surface area contributed by atoms with Crippen molar-refractivity contribution in [1.29, 1.82) is 0 Å². The van der Waals surface area contributed by atoms with Gasteiger partial charge in [-0.1, -0.05) is 6.07 Å². The van der Waals surface area contributed by atoms with E-state index >= 15 is 0 Å². The van der Waals surface area contributed by atoms with E-state index in [0.29, 0.717) is 37.2 Å². The van der Waals surface area contributed by atoms with Gasteiger partial charge in [-0.25, -0.2) is 4.39 Å². The van der Waals surface area contributed by atoms with Crippen molar-refractivity contribution < 1.29 is 13.9 Å². The molecule has 3 heteroatoms. The molecule has 0 unspecified atom stereocenters.